The van der Waals surface area contributed by atoms with E-state index in [0.29, 0.717) is 17.3 Å². The summed E-state index contributed by atoms with van der Waals surface area (Å²) in [6, 6.07) is 15.5. The van der Waals surface area contributed by atoms with E-state index in [-0.39, 0.29) is 17.0 Å². The molecule has 0 bridgehead atoms. The van der Waals surface area contributed by atoms with Crippen molar-refractivity contribution < 1.29 is 18.4 Å². The maximum Gasteiger partial charge on any atom is 0.282 e. The van der Waals surface area contributed by atoms with Crippen LogP contribution in [0.25, 0.3) is 5.57 Å². The summed E-state index contributed by atoms with van der Waals surface area (Å²) in [5.74, 6) is -3.15. The van der Waals surface area contributed by atoms with Crippen LogP contribution in [0.5, 0.6) is 0 Å². The van der Waals surface area contributed by atoms with Crippen molar-refractivity contribution in [1.82, 2.24) is 0 Å². The fourth-order valence-corrected chi connectivity index (χ4v) is 3.54. The lowest BCUT2D eigenvalue weighted by atomic mass is 9.99. The highest BCUT2D eigenvalue weighted by atomic mass is 19.1. The van der Waals surface area contributed by atoms with Crippen LogP contribution in [0.3, 0.4) is 0 Å². The normalized spacial score (nSPS) is 13.9. The van der Waals surface area contributed by atoms with E-state index in [9.17, 15) is 18.4 Å². The quantitative estimate of drug-likeness (QED) is 0.586. The first-order chi connectivity index (χ1) is 14.8. The Morgan fingerprint density at radius 1 is 0.774 bits per heavy atom. The molecule has 0 radical (unpaired) electrons. The molecule has 4 nitrogen and oxygen atoms in total. The molecule has 0 saturated heterocycles. The Labute approximate surface area is 178 Å². The van der Waals surface area contributed by atoms with Gasteiger partial charge in [-0.3, -0.25) is 9.59 Å². The van der Waals surface area contributed by atoms with E-state index < -0.39 is 23.4 Å². The molecule has 31 heavy (non-hydrogen) atoms. The van der Waals surface area contributed by atoms with E-state index in [2.05, 4.69) is 5.32 Å². The summed E-state index contributed by atoms with van der Waals surface area (Å²) in [4.78, 5) is 27.5. The van der Waals surface area contributed by atoms with Gasteiger partial charge in [-0.15, -0.1) is 0 Å². The van der Waals surface area contributed by atoms with E-state index in [1.807, 2.05) is 51.1 Å². The number of nitrogens with one attached hydrogen (secondary N) is 1. The molecule has 156 valence electrons. The van der Waals surface area contributed by atoms with Crippen LogP contribution in [-0.4, -0.2) is 11.8 Å². The van der Waals surface area contributed by atoms with Crippen LogP contribution in [0.2, 0.25) is 0 Å². The van der Waals surface area contributed by atoms with Crippen LogP contribution < -0.4 is 10.2 Å². The first-order valence-corrected chi connectivity index (χ1v) is 9.76. The summed E-state index contributed by atoms with van der Waals surface area (Å²) >= 11 is 0. The number of anilines is 2. The number of hydrogen-bond acceptors (Lipinski definition) is 3. The van der Waals surface area contributed by atoms with Gasteiger partial charge in [0.25, 0.3) is 11.8 Å². The third kappa shape index (κ3) is 3.61. The fraction of sp³-hybridized carbons (Fsp3) is 0.120. The predicted octanol–water partition coefficient (Wildman–Crippen LogP) is 5.29. The molecule has 3 aromatic rings. The molecule has 0 atom stereocenters. The molecule has 1 N–H and O–H groups in total. The number of rotatable bonds is 4. The van der Waals surface area contributed by atoms with Crippen molar-refractivity contribution in [3.05, 3.63) is 100 Å². The molecule has 6 heteroatoms. The Balaban J connectivity index is 1.88. The first-order valence-electron chi connectivity index (χ1n) is 9.76. The van der Waals surface area contributed by atoms with E-state index in [1.165, 1.54) is 0 Å². The number of para-hydroxylation sites is 1. The maximum absolute atomic E-state index is 14.5. The summed E-state index contributed by atoms with van der Waals surface area (Å²) < 4.78 is 27.9. The molecule has 3 aromatic carbocycles. The molecule has 0 unspecified atom stereocenters. The highest BCUT2D eigenvalue weighted by Gasteiger charge is 2.41. The molecular formula is C25H20F2N2O2. The van der Waals surface area contributed by atoms with Crippen LogP contribution in [0.15, 0.2) is 66.4 Å². The summed E-state index contributed by atoms with van der Waals surface area (Å²) in [6.45, 7) is 5.73. The molecule has 0 fully saturated rings. The largest absolute Gasteiger partial charge is 0.350 e. The van der Waals surface area contributed by atoms with E-state index >= 15 is 0 Å². The number of hydrogen-bond donors (Lipinski definition) is 1. The molecule has 1 aliphatic heterocycles. The van der Waals surface area contributed by atoms with Crippen molar-refractivity contribution in [3.63, 3.8) is 0 Å². The molecule has 0 saturated carbocycles. The van der Waals surface area contributed by atoms with Crippen LogP contribution in [-0.2, 0) is 9.59 Å². The van der Waals surface area contributed by atoms with Gasteiger partial charge in [0, 0.05) is 11.8 Å². The van der Waals surface area contributed by atoms with Crippen molar-refractivity contribution >= 4 is 28.8 Å². The number of amides is 2. The van der Waals surface area contributed by atoms with Gasteiger partial charge in [-0.25, -0.2) is 13.7 Å². The topological polar surface area (TPSA) is 49.4 Å². The second kappa shape index (κ2) is 7.80. The molecule has 1 heterocycles. The number of benzene rings is 3. The predicted molar refractivity (Wildman–Crippen MR) is 116 cm³/mol. The summed E-state index contributed by atoms with van der Waals surface area (Å²) in [6.07, 6.45) is 0. The van der Waals surface area contributed by atoms with Gasteiger partial charge in [0.2, 0.25) is 0 Å². The second-order valence-electron chi connectivity index (χ2n) is 7.53. The molecule has 0 aliphatic carbocycles. The van der Waals surface area contributed by atoms with E-state index in [4.69, 9.17) is 0 Å². The number of aryl methyl sites for hydroxylation is 3. The Kier molecular flexibility index (Phi) is 5.15. The smallest absolute Gasteiger partial charge is 0.282 e. The highest BCUT2D eigenvalue weighted by Crippen LogP contribution is 2.36. The monoisotopic (exact) mass is 418 g/mol. The van der Waals surface area contributed by atoms with Crippen LogP contribution in [0, 0.1) is 32.4 Å². The summed E-state index contributed by atoms with van der Waals surface area (Å²) in [5.41, 5.74) is 3.96. The number of nitrogens with zero attached hydrogens (tertiary/aromatic N) is 1. The van der Waals surface area contributed by atoms with Gasteiger partial charge in [0.15, 0.2) is 0 Å². The number of halogens is 2. The van der Waals surface area contributed by atoms with Gasteiger partial charge >= 0.3 is 0 Å². The first kappa shape index (κ1) is 20.5. The average Bonchev–Trinajstić information content (AvgIpc) is 2.96. The third-order valence-corrected chi connectivity index (χ3v) is 5.43. The summed E-state index contributed by atoms with van der Waals surface area (Å²) in [5, 5.41) is 3.07. The summed E-state index contributed by atoms with van der Waals surface area (Å²) in [7, 11) is 0. The maximum atomic E-state index is 14.5. The van der Waals surface area contributed by atoms with Gasteiger partial charge < -0.3 is 5.32 Å². The lowest BCUT2D eigenvalue weighted by Gasteiger charge is -2.16. The number of carbonyl (C=O) groups is 2. The lowest BCUT2D eigenvalue weighted by molar-refractivity contribution is -0.120. The molecular weight excluding hydrogens is 398 g/mol. The molecule has 1 aliphatic rings. The Hall–Kier alpha value is -3.80. The molecule has 0 spiro atoms. The van der Waals surface area contributed by atoms with Gasteiger partial charge in [0.05, 0.1) is 11.3 Å². The van der Waals surface area contributed by atoms with Crippen LogP contribution >= 0.6 is 0 Å². The van der Waals surface area contributed by atoms with Gasteiger partial charge in [-0.1, -0.05) is 36.4 Å². The Morgan fingerprint density at radius 2 is 1.52 bits per heavy atom. The van der Waals surface area contributed by atoms with Gasteiger partial charge in [-0.2, -0.15) is 0 Å². The minimum absolute atomic E-state index is 0.0475. The molecule has 4 rings (SSSR count). The van der Waals surface area contributed by atoms with Gasteiger partial charge in [0.1, 0.15) is 17.3 Å². The SMILES string of the molecule is Cc1ccc(C2=C(Nc3ccccc3C)C(=O)N(c3ccc(F)cc3F)C2=O)cc1C. The minimum Gasteiger partial charge on any atom is -0.350 e. The highest BCUT2D eigenvalue weighted by molar-refractivity contribution is 6.46. The van der Waals surface area contributed by atoms with E-state index in [1.54, 1.807) is 12.1 Å². The fourth-order valence-electron chi connectivity index (χ4n) is 3.54. The van der Waals surface area contributed by atoms with Crippen LogP contribution in [0.4, 0.5) is 20.2 Å². The van der Waals surface area contributed by atoms with Crippen molar-refractivity contribution in [1.29, 1.82) is 0 Å². The lowest BCUT2D eigenvalue weighted by Crippen LogP contribution is -2.33. The zero-order valence-corrected chi connectivity index (χ0v) is 17.3. The average molecular weight is 418 g/mol. The Morgan fingerprint density at radius 3 is 2.19 bits per heavy atom. The number of carbonyl (C=O) groups excluding carboxylic acids is 2. The minimum atomic E-state index is -0.988. The van der Waals surface area contributed by atoms with E-state index in [0.717, 1.165) is 33.7 Å². The number of imide groups is 1. The van der Waals surface area contributed by atoms with Crippen LogP contribution in [0.1, 0.15) is 22.3 Å². The van der Waals surface area contributed by atoms with Gasteiger partial charge in [-0.05, 0) is 61.2 Å². The van der Waals surface area contributed by atoms with Crippen molar-refractivity contribution in [3.8, 4) is 0 Å². The standard InChI is InChI=1S/C25H20F2N2O2/c1-14-8-9-17(12-16(14)3)22-23(28-20-7-5-4-6-15(20)2)25(31)29(24(22)30)21-11-10-18(26)13-19(21)27/h4-13,28H,1-3H3. The zero-order valence-electron chi connectivity index (χ0n) is 17.3. The molecule has 0 aromatic heterocycles. The second-order valence-corrected chi connectivity index (χ2v) is 7.53. The third-order valence-electron chi connectivity index (χ3n) is 5.43. The van der Waals surface area contributed by atoms with Crippen molar-refractivity contribution in [2.75, 3.05) is 10.2 Å². The zero-order chi connectivity index (χ0) is 22.3. The van der Waals surface area contributed by atoms with Crippen molar-refractivity contribution in [2.24, 2.45) is 0 Å². The molecule has 2 amide bonds. The Bertz CT molecular complexity index is 1260. The van der Waals surface area contributed by atoms with Crippen molar-refractivity contribution in [2.45, 2.75) is 20.8 Å².